The number of rotatable bonds is 16. The van der Waals surface area contributed by atoms with E-state index in [1.807, 2.05) is 78.9 Å². The van der Waals surface area contributed by atoms with Crippen LogP contribution in [0.4, 0.5) is 0 Å². The van der Waals surface area contributed by atoms with Crippen molar-refractivity contribution in [1.29, 1.82) is 0 Å². The van der Waals surface area contributed by atoms with Crippen LogP contribution >= 0.6 is 23.5 Å². The molecule has 7 nitrogen and oxygen atoms in total. The van der Waals surface area contributed by atoms with Crippen LogP contribution < -0.4 is 4.74 Å². The number of esters is 3. The van der Waals surface area contributed by atoms with Crippen LogP contribution in [0, 0.1) is 23.7 Å². The molecule has 0 saturated heterocycles. The van der Waals surface area contributed by atoms with Gasteiger partial charge < -0.3 is 18.9 Å². The molecule has 0 spiro atoms. The van der Waals surface area contributed by atoms with Gasteiger partial charge in [-0.05, 0) is 97.3 Å². The first kappa shape index (κ1) is 39.2. The summed E-state index contributed by atoms with van der Waals surface area (Å²) < 4.78 is 21.0. The van der Waals surface area contributed by atoms with Gasteiger partial charge in [0.05, 0.1) is 20.3 Å². The van der Waals surface area contributed by atoms with Crippen molar-refractivity contribution in [1.82, 2.24) is 0 Å². The highest BCUT2D eigenvalue weighted by Crippen LogP contribution is 2.24. The quantitative estimate of drug-likeness (QED) is 0.0282. The highest BCUT2D eigenvalue weighted by atomic mass is 32.2. The van der Waals surface area contributed by atoms with E-state index in [0.29, 0.717) is 30.1 Å². The Morgan fingerprint density at radius 3 is 1.54 bits per heavy atom. The van der Waals surface area contributed by atoms with Gasteiger partial charge in [-0.2, -0.15) is 0 Å². The summed E-state index contributed by atoms with van der Waals surface area (Å²) in [6.45, 7) is 7.77. The average Bonchev–Trinajstić information content (AvgIpc) is 3.19. The number of benzene rings is 4. The van der Waals surface area contributed by atoms with Gasteiger partial charge >= 0.3 is 17.9 Å². The van der Waals surface area contributed by atoms with Gasteiger partial charge in [0.15, 0.2) is 0 Å². The zero-order chi connectivity index (χ0) is 37.0. The molecular formula is C43H38O7S2. The van der Waals surface area contributed by atoms with Gasteiger partial charge in [0, 0.05) is 55.7 Å². The first-order valence-corrected chi connectivity index (χ1v) is 18.4. The second-order valence-electron chi connectivity index (χ2n) is 10.9. The molecule has 0 bridgehead atoms. The van der Waals surface area contributed by atoms with Gasteiger partial charge in [-0.25, -0.2) is 14.4 Å². The number of carbonyl (C=O) groups excluding carboxylic acids is 3. The third-order valence-electron chi connectivity index (χ3n) is 7.08. The lowest BCUT2D eigenvalue weighted by Crippen LogP contribution is -2.06. The Morgan fingerprint density at radius 2 is 1.08 bits per heavy atom. The minimum atomic E-state index is -0.511. The van der Waals surface area contributed by atoms with Crippen LogP contribution in [0.15, 0.2) is 126 Å². The fraction of sp³-hybridized carbons (Fsp3) is 0.186. The summed E-state index contributed by atoms with van der Waals surface area (Å²) in [5.41, 5.74) is 4.48. The van der Waals surface area contributed by atoms with Crippen molar-refractivity contribution >= 4 is 41.4 Å². The zero-order valence-electron chi connectivity index (χ0n) is 28.9. The predicted molar refractivity (Wildman–Crippen MR) is 206 cm³/mol. The topological polar surface area (TPSA) is 88.1 Å². The fourth-order valence-electron chi connectivity index (χ4n) is 4.37. The number of methoxy groups -OCH3 is 1. The van der Waals surface area contributed by atoms with Crippen LogP contribution in [0.2, 0.25) is 0 Å². The Bertz CT molecular complexity index is 1960. The molecule has 0 fully saturated rings. The number of hydrogen-bond donors (Lipinski definition) is 0. The molecule has 264 valence electrons. The Balaban J connectivity index is 1.28. The molecule has 0 radical (unpaired) electrons. The van der Waals surface area contributed by atoms with Gasteiger partial charge in [-0.3, -0.25) is 0 Å². The van der Waals surface area contributed by atoms with E-state index in [4.69, 9.17) is 18.9 Å². The van der Waals surface area contributed by atoms with E-state index in [2.05, 4.69) is 36.8 Å². The van der Waals surface area contributed by atoms with E-state index in [0.717, 1.165) is 62.5 Å². The standard InChI is InChI=1S/C43H38O7S2/c1-4-41(44)48-26-6-28-51-37-21-16-33(17-22-37)9-8-32-11-14-36(15-12-32)31-50-40-25-20-35(30-39(40)43(46)47-3)13-10-34-18-23-38(24-19-34)52-29-7-27-49-42(45)5-2/h4-5,11-12,14-25,30H,1-2,6-7,26-29,31H2,3H3. The van der Waals surface area contributed by atoms with Crippen molar-refractivity contribution in [2.45, 2.75) is 29.2 Å². The van der Waals surface area contributed by atoms with Gasteiger partial charge in [0.25, 0.3) is 0 Å². The maximum absolute atomic E-state index is 12.6. The minimum absolute atomic E-state index is 0.253. The summed E-state index contributed by atoms with van der Waals surface area (Å²) in [6, 6.07) is 28.9. The zero-order valence-corrected chi connectivity index (χ0v) is 30.5. The van der Waals surface area contributed by atoms with Crippen molar-refractivity contribution in [2.75, 3.05) is 31.8 Å². The van der Waals surface area contributed by atoms with Crippen LogP contribution in [-0.4, -0.2) is 49.7 Å². The van der Waals surface area contributed by atoms with E-state index in [-0.39, 0.29) is 6.61 Å². The molecule has 0 aliphatic heterocycles. The van der Waals surface area contributed by atoms with Crippen molar-refractivity contribution in [3.8, 4) is 29.4 Å². The van der Waals surface area contributed by atoms with E-state index >= 15 is 0 Å². The Kier molecular flexibility index (Phi) is 16.3. The summed E-state index contributed by atoms with van der Waals surface area (Å²) in [5.74, 6) is 13.4. The van der Waals surface area contributed by atoms with Crippen LogP contribution in [0.5, 0.6) is 5.75 Å². The number of thioether (sulfide) groups is 2. The molecule has 4 aromatic rings. The van der Waals surface area contributed by atoms with E-state index in [1.54, 1.807) is 35.7 Å². The Labute approximate surface area is 313 Å². The predicted octanol–water partition coefficient (Wildman–Crippen LogP) is 8.27. The maximum Gasteiger partial charge on any atom is 0.341 e. The first-order valence-electron chi connectivity index (χ1n) is 16.4. The van der Waals surface area contributed by atoms with Gasteiger partial charge in [0.2, 0.25) is 0 Å². The lowest BCUT2D eigenvalue weighted by molar-refractivity contribution is -0.138. The second kappa shape index (κ2) is 21.6. The summed E-state index contributed by atoms with van der Waals surface area (Å²) in [6.07, 6.45) is 3.84. The molecular weight excluding hydrogens is 693 g/mol. The molecule has 0 N–H and O–H groups in total. The van der Waals surface area contributed by atoms with Gasteiger partial charge in [-0.15, -0.1) is 23.5 Å². The summed E-state index contributed by atoms with van der Waals surface area (Å²) in [7, 11) is 1.33. The smallest absolute Gasteiger partial charge is 0.341 e. The van der Waals surface area contributed by atoms with Crippen molar-refractivity contribution < 1.29 is 33.3 Å². The SMILES string of the molecule is C=CC(=O)OCCCSc1ccc(C#Cc2ccc(COc3ccc(C#Cc4ccc(SCCCOC(=O)C=C)cc4)cc3C(=O)OC)cc2)cc1. The first-order chi connectivity index (χ1) is 25.4. The summed E-state index contributed by atoms with van der Waals surface area (Å²) >= 11 is 3.37. The molecule has 4 rings (SSSR count). The van der Waals surface area contributed by atoms with Crippen LogP contribution in [0.3, 0.4) is 0 Å². The van der Waals surface area contributed by atoms with E-state index in [1.165, 1.54) is 13.2 Å². The molecule has 0 unspecified atom stereocenters. The lowest BCUT2D eigenvalue weighted by atomic mass is 10.1. The maximum atomic E-state index is 12.6. The van der Waals surface area contributed by atoms with E-state index < -0.39 is 17.9 Å². The van der Waals surface area contributed by atoms with E-state index in [9.17, 15) is 14.4 Å². The molecule has 4 aromatic carbocycles. The molecule has 0 atom stereocenters. The van der Waals surface area contributed by atoms with Crippen molar-refractivity contribution in [3.63, 3.8) is 0 Å². The fourth-order valence-corrected chi connectivity index (χ4v) is 6.02. The third-order valence-corrected chi connectivity index (χ3v) is 9.28. The lowest BCUT2D eigenvalue weighted by Gasteiger charge is -2.11. The summed E-state index contributed by atoms with van der Waals surface area (Å²) in [5, 5.41) is 0. The monoisotopic (exact) mass is 730 g/mol. The van der Waals surface area contributed by atoms with Crippen molar-refractivity contribution in [3.05, 3.63) is 150 Å². The molecule has 0 heterocycles. The minimum Gasteiger partial charge on any atom is -0.488 e. The molecule has 0 aliphatic rings. The highest BCUT2D eigenvalue weighted by Gasteiger charge is 2.14. The summed E-state index contributed by atoms with van der Waals surface area (Å²) in [4.78, 5) is 37.1. The third kappa shape index (κ3) is 13.6. The van der Waals surface area contributed by atoms with Crippen molar-refractivity contribution in [2.24, 2.45) is 0 Å². The molecule has 52 heavy (non-hydrogen) atoms. The molecule has 0 aromatic heterocycles. The largest absolute Gasteiger partial charge is 0.488 e. The Morgan fingerprint density at radius 1 is 0.635 bits per heavy atom. The van der Waals surface area contributed by atoms with Crippen LogP contribution in [-0.2, 0) is 30.4 Å². The number of hydrogen-bond acceptors (Lipinski definition) is 9. The highest BCUT2D eigenvalue weighted by molar-refractivity contribution is 7.99. The molecule has 0 aliphatic carbocycles. The van der Waals surface area contributed by atoms with Gasteiger partial charge in [0.1, 0.15) is 17.9 Å². The average molecular weight is 731 g/mol. The number of carbonyl (C=O) groups is 3. The Hall–Kier alpha value is -5.61. The van der Waals surface area contributed by atoms with Crippen LogP contribution in [0.25, 0.3) is 0 Å². The molecule has 9 heteroatoms. The van der Waals surface area contributed by atoms with Gasteiger partial charge in [-0.1, -0.05) is 49.0 Å². The molecule has 0 saturated carbocycles. The normalized spacial score (nSPS) is 10.0. The number of ether oxygens (including phenoxy) is 4. The van der Waals surface area contributed by atoms with Crippen LogP contribution in [0.1, 0.15) is 51.0 Å². The second-order valence-corrected chi connectivity index (χ2v) is 13.2. The molecule has 0 amide bonds.